The summed E-state index contributed by atoms with van der Waals surface area (Å²) in [5.41, 5.74) is 9.92. The van der Waals surface area contributed by atoms with Gasteiger partial charge in [0.25, 0.3) is 0 Å². The molecule has 0 spiro atoms. The lowest BCUT2D eigenvalue weighted by atomic mass is 9.91. The number of aromatic nitrogens is 2. The Balaban J connectivity index is 1.76. The predicted octanol–water partition coefficient (Wildman–Crippen LogP) is 5.93. The van der Waals surface area contributed by atoms with Crippen LogP contribution in [0.15, 0.2) is 28.4 Å². The lowest BCUT2D eigenvalue weighted by Crippen LogP contribution is -2.29. The molecule has 3 aromatic rings. The molecule has 1 aromatic heterocycles. The standard InChI is InChI=1S/C24H31N5O2/c1-6-18-19-9-8-10-29(7-2)21(19)12-16(4)23(18)26-27-24-25-20-13-17(14-31-30)15(3)11-22(20)28(24)5/h11-13,30H,6-10,14H2,1-5H3. The zero-order valence-corrected chi connectivity index (χ0v) is 19.1. The highest BCUT2D eigenvalue weighted by Crippen LogP contribution is 2.39. The van der Waals surface area contributed by atoms with Crippen molar-refractivity contribution in [2.24, 2.45) is 17.3 Å². The number of hydrogen-bond acceptors (Lipinski definition) is 6. The van der Waals surface area contributed by atoms with Gasteiger partial charge < -0.3 is 9.47 Å². The molecule has 0 aliphatic carbocycles. The zero-order chi connectivity index (χ0) is 22.1. The van der Waals surface area contributed by atoms with E-state index in [0.717, 1.165) is 59.3 Å². The molecular weight excluding hydrogens is 390 g/mol. The van der Waals surface area contributed by atoms with Gasteiger partial charge in [0.05, 0.1) is 16.7 Å². The van der Waals surface area contributed by atoms with Gasteiger partial charge in [-0.05, 0) is 86.1 Å². The van der Waals surface area contributed by atoms with Crippen LogP contribution in [0.3, 0.4) is 0 Å². The van der Waals surface area contributed by atoms with E-state index in [1.807, 2.05) is 30.7 Å². The van der Waals surface area contributed by atoms with Gasteiger partial charge in [0.1, 0.15) is 6.61 Å². The summed E-state index contributed by atoms with van der Waals surface area (Å²) in [4.78, 5) is 11.5. The molecule has 7 heteroatoms. The summed E-state index contributed by atoms with van der Waals surface area (Å²) in [5, 5.41) is 18.1. The number of aryl methyl sites for hydroxylation is 3. The third-order valence-corrected chi connectivity index (χ3v) is 6.39. The molecule has 1 N–H and O–H groups in total. The van der Waals surface area contributed by atoms with E-state index in [1.165, 1.54) is 23.2 Å². The smallest absolute Gasteiger partial charge is 0.250 e. The molecule has 0 radical (unpaired) electrons. The van der Waals surface area contributed by atoms with E-state index in [1.54, 1.807) is 0 Å². The fourth-order valence-electron chi connectivity index (χ4n) is 4.66. The average Bonchev–Trinajstić information content (AvgIpc) is 3.06. The van der Waals surface area contributed by atoms with E-state index in [9.17, 15) is 0 Å². The molecule has 7 nitrogen and oxygen atoms in total. The average molecular weight is 422 g/mol. The minimum absolute atomic E-state index is 0.137. The van der Waals surface area contributed by atoms with Crippen molar-refractivity contribution >= 4 is 28.4 Å². The summed E-state index contributed by atoms with van der Waals surface area (Å²) in [6, 6.07) is 6.24. The lowest BCUT2D eigenvalue weighted by molar-refractivity contribution is -0.253. The van der Waals surface area contributed by atoms with Gasteiger partial charge in [0.2, 0.25) is 5.95 Å². The summed E-state index contributed by atoms with van der Waals surface area (Å²) in [5.74, 6) is 0.561. The van der Waals surface area contributed by atoms with Gasteiger partial charge in [0.15, 0.2) is 0 Å². The molecule has 0 unspecified atom stereocenters. The Hall–Kier alpha value is -2.77. The van der Waals surface area contributed by atoms with Gasteiger partial charge >= 0.3 is 0 Å². The van der Waals surface area contributed by atoms with Gasteiger partial charge in [0, 0.05) is 25.8 Å². The molecule has 1 aliphatic rings. The topological polar surface area (TPSA) is 75.2 Å². The number of fused-ring (bicyclic) bond motifs is 2. The van der Waals surface area contributed by atoms with Crippen molar-refractivity contribution < 1.29 is 10.1 Å². The zero-order valence-electron chi connectivity index (χ0n) is 19.1. The van der Waals surface area contributed by atoms with Crippen LogP contribution in [-0.4, -0.2) is 27.9 Å². The van der Waals surface area contributed by atoms with Gasteiger partial charge in [-0.2, -0.15) is 0 Å². The van der Waals surface area contributed by atoms with Crippen LogP contribution >= 0.6 is 0 Å². The third kappa shape index (κ3) is 3.83. The molecule has 0 bridgehead atoms. The second kappa shape index (κ2) is 8.77. The van der Waals surface area contributed by atoms with E-state index in [2.05, 4.69) is 46.7 Å². The Kier molecular flexibility index (Phi) is 6.07. The fraction of sp³-hybridized carbons (Fsp3) is 0.458. The van der Waals surface area contributed by atoms with Crippen LogP contribution in [-0.2, 0) is 31.4 Å². The maximum atomic E-state index is 8.82. The lowest BCUT2D eigenvalue weighted by Gasteiger charge is -2.32. The van der Waals surface area contributed by atoms with Crippen molar-refractivity contribution in [3.05, 3.63) is 46.0 Å². The molecule has 0 saturated carbocycles. The van der Waals surface area contributed by atoms with E-state index in [-0.39, 0.29) is 6.61 Å². The predicted molar refractivity (Wildman–Crippen MR) is 124 cm³/mol. The highest BCUT2D eigenvalue weighted by atomic mass is 17.1. The van der Waals surface area contributed by atoms with Crippen LogP contribution in [0.5, 0.6) is 0 Å². The Morgan fingerprint density at radius 2 is 1.94 bits per heavy atom. The summed E-state index contributed by atoms with van der Waals surface area (Å²) >= 11 is 0. The number of nitrogens with zero attached hydrogens (tertiary/aromatic N) is 5. The SMILES string of the molecule is CCc1c2c(cc(C)c1N=Nc1nc3cc(COO)c(C)cc3n1C)N(CC)CCC2. The first-order valence-corrected chi connectivity index (χ1v) is 11.0. The first kappa shape index (κ1) is 21.5. The molecule has 164 valence electrons. The molecular formula is C24H31N5O2. The summed E-state index contributed by atoms with van der Waals surface area (Å²) in [6.07, 6.45) is 3.21. The molecule has 0 fully saturated rings. The van der Waals surface area contributed by atoms with Gasteiger partial charge in [-0.25, -0.2) is 9.87 Å². The minimum Gasteiger partial charge on any atom is -0.372 e. The molecule has 31 heavy (non-hydrogen) atoms. The van der Waals surface area contributed by atoms with Gasteiger partial charge in [-0.1, -0.05) is 6.92 Å². The molecule has 4 rings (SSSR count). The molecule has 2 aromatic carbocycles. The normalized spacial score (nSPS) is 14.1. The second-order valence-electron chi connectivity index (χ2n) is 8.27. The van der Waals surface area contributed by atoms with Crippen LogP contribution in [0.25, 0.3) is 11.0 Å². The van der Waals surface area contributed by atoms with Crippen molar-refractivity contribution in [3.8, 4) is 0 Å². The van der Waals surface area contributed by atoms with Crippen molar-refractivity contribution in [3.63, 3.8) is 0 Å². The maximum absolute atomic E-state index is 8.82. The van der Waals surface area contributed by atoms with Gasteiger partial charge in [-0.3, -0.25) is 5.26 Å². The van der Waals surface area contributed by atoms with E-state index >= 15 is 0 Å². The van der Waals surface area contributed by atoms with Crippen LogP contribution in [0, 0.1) is 13.8 Å². The number of azo groups is 1. The molecule has 1 aliphatic heterocycles. The largest absolute Gasteiger partial charge is 0.372 e. The van der Waals surface area contributed by atoms with Crippen LogP contribution in [0.1, 0.15) is 48.1 Å². The van der Waals surface area contributed by atoms with Crippen LogP contribution in [0.2, 0.25) is 0 Å². The first-order chi connectivity index (χ1) is 15.0. The van der Waals surface area contributed by atoms with Gasteiger partial charge in [-0.15, -0.1) is 10.2 Å². The second-order valence-corrected chi connectivity index (χ2v) is 8.27. The molecule has 0 saturated heterocycles. The monoisotopic (exact) mass is 421 g/mol. The summed E-state index contributed by atoms with van der Waals surface area (Å²) < 4.78 is 1.95. The first-order valence-electron chi connectivity index (χ1n) is 11.0. The third-order valence-electron chi connectivity index (χ3n) is 6.39. The van der Waals surface area contributed by atoms with Crippen molar-refractivity contribution in [1.82, 2.24) is 9.55 Å². The van der Waals surface area contributed by atoms with Crippen molar-refractivity contribution in [1.29, 1.82) is 0 Å². The highest BCUT2D eigenvalue weighted by Gasteiger charge is 2.22. The van der Waals surface area contributed by atoms with E-state index in [0.29, 0.717) is 5.95 Å². The van der Waals surface area contributed by atoms with Crippen LogP contribution in [0.4, 0.5) is 17.3 Å². The summed E-state index contributed by atoms with van der Waals surface area (Å²) in [7, 11) is 1.95. The van der Waals surface area contributed by atoms with E-state index < -0.39 is 0 Å². The molecule has 0 amide bonds. The summed E-state index contributed by atoms with van der Waals surface area (Å²) in [6.45, 7) is 10.8. The molecule has 0 atom stereocenters. The number of rotatable bonds is 6. The quantitative estimate of drug-likeness (QED) is 0.304. The van der Waals surface area contributed by atoms with Crippen LogP contribution < -0.4 is 4.90 Å². The Bertz CT molecular complexity index is 1150. The fourth-order valence-corrected chi connectivity index (χ4v) is 4.66. The number of benzene rings is 2. The Morgan fingerprint density at radius 1 is 1.13 bits per heavy atom. The number of hydrogen-bond donors (Lipinski definition) is 1. The number of anilines is 1. The highest BCUT2D eigenvalue weighted by molar-refractivity contribution is 5.80. The van der Waals surface area contributed by atoms with Crippen molar-refractivity contribution in [2.45, 2.75) is 53.6 Å². The Morgan fingerprint density at radius 3 is 2.65 bits per heavy atom. The van der Waals surface area contributed by atoms with Crippen molar-refractivity contribution in [2.75, 3.05) is 18.0 Å². The minimum atomic E-state index is 0.137. The molecule has 2 heterocycles. The maximum Gasteiger partial charge on any atom is 0.250 e. The number of imidazole rings is 1. The van der Waals surface area contributed by atoms with E-state index in [4.69, 9.17) is 10.4 Å². The Labute approximate surface area is 183 Å².